The Morgan fingerprint density at radius 2 is 1.78 bits per heavy atom. The fourth-order valence-electron chi connectivity index (χ4n) is 3.43. The minimum atomic E-state index is -0.111. The molecule has 3 rings (SSSR count). The zero-order valence-corrected chi connectivity index (χ0v) is 13.6. The first-order valence-corrected chi connectivity index (χ1v) is 8.34. The number of hydrogen-bond acceptors (Lipinski definition) is 4. The Balaban J connectivity index is 1.53. The second kappa shape index (κ2) is 7.17. The SMILES string of the molecule is COCc1ccc(C(=O)N2CCN(C(=O)C3CCCC3)CC2)o1. The number of piperazine rings is 1. The van der Waals surface area contributed by atoms with Crippen LogP contribution in [0.3, 0.4) is 0 Å². The van der Waals surface area contributed by atoms with Crippen molar-refractivity contribution in [3.05, 3.63) is 23.7 Å². The van der Waals surface area contributed by atoms with E-state index in [1.807, 2.05) is 4.90 Å². The molecule has 0 bridgehead atoms. The predicted octanol–water partition coefficient (Wildman–Crippen LogP) is 1.90. The van der Waals surface area contributed by atoms with Gasteiger partial charge in [-0.05, 0) is 25.0 Å². The van der Waals surface area contributed by atoms with Gasteiger partial charge < -0.3 is 19.0 Å². The van der Waals surface area contributed by atoms with Gasteiger partial charge in [0.05, 0.1) is 0 Å². The van der Waals surface area contributed by atoms with Gasteiger partial charge in [-0.1, -0.05) is 12.8 Å². The van der Waals surface area contributed by atoms with Crippen molar-refractivity contribution in [3.8, 4) is 0 Å². The molecule has 2 heterocycles. The van der Waals surface area contributed by atoms with E-state index >= 15 is 0 Å². The number of hydrogen-bond donors (Lipinski definition) is 0. The summed E-state index contributed by atoms with van der Waals surface area (Å²) in [5.41, 5.74) is 0. The largest absolute Gasteiger partial charge is 0.453 e. The van der Waals surface area contributed by atoms with Crippen LogP contribution in [-0.2, 0) is 16.1 Å². The van der Waals surface area contributed by atoms with Gasteiger partial charge in [-0.25, -0.2) is 0 Å². The Bertz CT molecular complexity index is 555. The lowest BCUT2D eigenvalue weighted by atomic mass is 10.1. The molecule has 1 saturated heterocycles. The zero-order chi connectivity index (χ0) is 16.2. The summed E-state index contributed by atoms with van der Waals surface area (Å²) in [4.78, 5) is 28.5. The quantitative estimate of drug-likeness (QED) is 0.850. The van der Waals surface area contributed by atoms with Gasteiger partial charge in [-0.3, -0.25) is 9.59 Å². The second-order valence-corrected chi connectivity index (χ2v) is 6.30. The Hall–Kier alpha value is -1.82. The van der Waals surface area contributed by atoms with E-state index in [2.05, 4.69) is 0 Å². The lowest BCUT2D eigenvalue weighted by Crippen LogP contribution is -2.51. The fraction of sp³-hybridized carbons (Fsp3) is 0.647. The molecule has 2 aliphatic rings. The van der Waals surface area contributed by atoms with E-state index in [1.165, 1.54) is 0 Å². The van der Waals surface area contributed by atoms with Gasteiger partial charge >= 0.3 is 0 Å². The van der Waals surface area contributed by atoms with Crippen molar-refractivity contribution < 1.29 is 18.7 Å². The van der Waals surface area contributed by atoms with Crippen LogP contribution in [0, 0.1) is 5.92 Å². The highest BCUT2D eigenvalue weighted by atomic mass is 16.5. The van der Waals surface area contributed by atoms with Gasteiger partial charge in [0.15, 0.2) is 5.76 Å². The highest BCUT2D eigenvalue weighted by Gasteiger charge is 2.31. The predicted molar refractivity (Wildman–Crippen MR) is 83.9 cm³/mol. The van der Waals surface area contributed by atoms with Crippen LogP contribution >= 0.6 is 0 Å². The van der Waals surface area contributed by atoms with Crippen LogP contribution in [0.2, 0.25) is 0 Å². The number of carbonyl (C=O) groups is 2. The Labute approximate surface area is 136 Å². The van der Waals surface area contributed by atoms with Gasteiger partial charge in [0.2, 0.25) is 5.91 Å². The van der Waals surface area contributed by atoms with Crippen molar-refractivity contribution in [1.82, 2.24) is 9.80 Å². The third kappa shape index (κ3) is 3.58. The first-order chi connectivity index (χ1) is 11.2. The average molecular weight is 320 g/mol. The molecule has 0 unspecified atom stereocenters. The Morgan fingerprint density at radius 3 is 2.43 bits per heavy atom. The van der Waals surface area contributed by atoms with E-state index in [9.17, 15) is 9.59 Å². The van der Waals surface area contributed by atoms with Crippen molar-refractivity contribution in [2.24, 2.45) is 5.92 Å². The maximum Gasteiger partial charge on any atom is 0.289 e. The van der Waals surface area contributed by atoms with E-state index < -0.39 is 0 Å². The van der Waals surface area contributed by atoms with Gasteiger partial charge in [0.25, 0.3) is 5.91 Å². The van der Waals surface area contributed by atoms with E-state index in [-0.39, 0.29) is 17.7 Å². The first-order valence-electron chi connectivity index (χ1n) is 8.34. The summed E-state index contributed by atoms with van der Waals surface area (Å²) >= 11 is 0. The topological polar surface area (TPSA) is 63.0 Å². The molecule has 2 fully saturated rings. The Kier molecular flexibility index (Phi) is 5.00. The smallest absolute Gasteiger partial charge is 0.289 e. The van der Waals surface area contributed by atoms with Crippen molar-refractivity contribution in [2.45, 2.75) is 32.3 Å². The van der Waals surface area contributed by atoms with Crippen molar-refractivity contribution in [3.63, 3.8) is 0 Å². The average Bonchev–Trinajstić information content (AvgIpc) is 3.26. The lowest BCUT2D eigenvalue weighted by molar-refractivity contribution is -0.136. The highest BCUT2D eigenvalue weighted by molar-refractivity contribution is 5.91. The Morgan fingerprint density at radius 1 is 1.13 bits per heavy atom. The minimum Gasteiger partial charge on any atom is -0.453 e. The van der Waals surface area contributed by atoms with Crippen LogP contribution in [0.5, 0.6) is 0 Å². The third-order valence-electron chi connectivity index (χ3n) is 4.74. The van der Waals surface area contributed by atoms with E-state index in [0.717, 1.165) is 25.7 Å². The number of amides is 2. The molecule has 1 aliphatic carbocycles. The van der Waals surface area contributed by atoms with Crippen molar-refractivity contribution in [1.29, 1.82) is 0 Å². The number of rotatable bonds is 4. The number of methoxy groups -OCH3 is 1. The molecule has 1 aromatic rings. The minimum absolute atomic E-state index is 0.111. The molecule has 126 valence electrons. The molecular weight excluding hydrogens is 296 g/mol. The summed E-state index contributed by atoms with van der Waals surface area (Å²) in [5.74, 6) is 1.35. The van der Waals surface area contributed by atoms with Crippen LogP contribution in [0.1, 0.15) is 42.0 Å². The standard InChI is InChI=1S/C17H24N2O4/c1-22-12-14-6-7-15(23-14)17(21)19-10-8-18(9-11-19)16(20)13-4-2-3-5-13/h6-7,13H,2-5,8-12H2,1H3. The molecule has 2 amide bonds. The van der Waals surface area contributed by atoms with Crippen molar-refractivity contribution >= 4 is 11.8 Å². The first kappa shape index (κ1) is 16.1. The molecular formula is C17H24N2O4. The molecule has 0 aromatic carbocycles. The number of ether oxygens (including phenoxy) is 1. The lowest BCUT2D eigenvalue weighted by Gasteiger charge is -2.35. The van der Waals surface area contributed by atoms with Gasteiger partial charge in [-0.15, -0.1) is 0 Å². The van der Waals surface area contributed by atoms with Gasteiger partial charge in [0.1, 0.15) is 12.4 Å². The second-order valence-electron chi connectivity index (χ2n) is 6.30. The maximum absolute atomic E-state index is 12.4. The highest BCUT2D eigenvalue weighted by Crippen LogP contribution is 2.27. The summed E-state index contributed by atoms with van der Waals surface area (Å²) in [7, 11) is 1.59. The fourth-order valence-corrected chi connectivity index (χ4v) is 3.43. The van der Waals surface area contributed by atoms with E-state index in [1.54, 1.807) is 24.1 Å². The number of carbonyl (C=O) groups excluding carboxylic acids is 2. The molecule has 0 radical (unpaired) electrons. The third-order valence-corrected chi connectivity index (χ3v) is 4.74. The maximum atomic E-state index is 12.4. The van der Waals surface area contributed by atoms with E-state index in [4.69, 9.17) is 9.15 Å². The summed E-state index contributed by atoms with van der Waals surface area (Å²) in [5, 5.41) is 0. The zero-order valence-electron chi connectivity index (χ0n) is 13.6. The van der Waals surface area contributed by atoms with Crippen LogP contribution in [-0.4, -0.2) is 54.9 Å². The molecule has 1 saturated carbocycles. The van der Waals surface area contributed by atoms with Crippen LogP contribution in [0.25, 0.3) is 0 Å². The van der Waals surface area contributed by atoms with Crippen LogP contribution < -0.4 is 0 Å². The van der Waals surface area contributed by atoms with Gasteiger partial charge in [0, 0.05) is 39.2 Å². The molecule has 0 spiro atoms. The molecule has 6 heteroatoms. The summed E-state index contributed by atoms with van der Waals surface area (Å²) in [6.07, 6.45) is 4.37. The number of furan rings is 1. The van der Waals surface area contributed by atoms with Crippen LogP contribution in [0.4, 0.5) is 0 Å². The summed E-state index contributed by atoms with van der Waals surface area (Å²) in [6.45, 7) is 2.73. The molecule has 1 aliphatic heterocycles. The van der Waals surface area contributed by atoms with Crippen LogP contribution in [0.15, 0.2) is 16.5 Å². The van der Waals surface area contributed by atoms with Crippen molar-refractivity contribution in [2.75, 3.05) is 33.3 Å². The molecule has 23 heavy (non-hydrogen) atoms. The molecule has 1 aromatic heterocycles. The van der Waals surface area contributed by atoms with Gasteiger partial charge in [-0.2, -0.15) is 0 Å². The normalized spacial score (nSPS) is 19.3. The summed E-state index contributed by atoms with van der Waals surface area (Å²) < 4.78 is 10.5. The molecule has 0 N–H and O–H groups in total. The summed E-state index contributed by atoms with van der Waals surface area (Å²) in [6, 6.07) is 3.45. The van der Waals surface area contributed by atoms with E-state index in [0.29, 0.717) is 44.3 Å². The molecule has 6 nitrogen and oxygen atoms in total. The monoisotopic (exact) mass is 320 g/mol. The molecule has 0 atom stereocenters. The number of nitrogens with zero attached hydrogens (tertiary/aromatic N) is 2.